The van der Waals surface area contributed by atoms with Gasteiger partial charge in [-0.25, -0.2) is 0 Å². The Kier molecular flexibility index (Phi) is 5.68. The Morgan fingerprint density at radius 3 is 2.56 bits per heavy atom. The summed E-state index contributed by atoms with van der Waals surface area (Å²) in [6, 6.07) is 14.1. The van der Waals surface area contributed by atoms with Crippen molar-refractivity contribution >= 4 is 34.8 Å². The maximum atomic E-state index is 12.8. The van der Waals surface area contributed by atoms with E-state index in [1.165, 1.54) is 10.6 Å². The summed E-state index contributed by atoms with van der Waals surface area (Å²) in [5.41, 5.74) is 3.44. The Labute approximate surface area is 167 Å². The van der Waals surface area contributed by atoms with E-state index >= 15 is 0 Å². The van der Waals surface area contributed by atoms with Gasteiger partial charge in [0.1, 0.15) is 5.56 Å². The fourth-order valence-corrected chi connectivity index (χ4v) is 3.06. The van der Waals surface area contributed by atoms with Gasteiger partial charge in [0.2, 0.25) is 0 Å². The molecule has 1 heterocycles. The first-order valence-corrected chi connectivity index (χ1v) is 9.13. The molecule has 0 aliphatic carbocycles. The zero-order valence-electron chi connectivity index (χ0n) is 14.9. The van der Waals surface area contributed by atoms with Crippen LogP contribution >= 0.6 is 23.2 Å². The average molecular weight is 401 g/mol. The summed E-state index contributed by atoms with van der Waals surface area (Å²) in [6.45, 7) is 4.41. The van der Waals surface area contributed by atoms with Gasteiger partial charge in [-0.1, -0.05) is 47.0 Å². The minimum absolute atomic E-state index is 0.0638. The van der Waals surface area contributed by atoms with E-state index in [9.17, 15) is 9.59 Å². The maximum absolute atomic E-state index is 12.8. The number of halogens is 2. The van der Waals surface area contributed by atoms with E-state index in [0.717, 1.165) is 16.7 Å². The standard InChI is InChI=1S/C21H18Cl2N2O2/c1-13-5-6-14(2)15(10-13)12-25-9-3-4-17(21(25)27)20(26)24-16-7-8-18(22)19(23)11-16/h3-11H,12H2,1-2H3,(H,24,26). The largest absolute Gasteiger partial charge is 0.322 e. The fraction of sp³-hybridized carbons (Fsp3) is 0.143. The summed E-state index contributed by atoms with van der Waals surface area (Å²) in [4.78, 5) is 25.3. The number of aromatic nitrogens is 1. The van der Waals surface area contributed by atoms with Gasteiger partial charge in [-0.2, -0.15) is 0 Å². The number of benzene rings is 2. The van der Waals surface area contributed by atoms with Gasteiger partial charge in [-0.05, 0) is 55.3 Å². The normalized spacial score (nSPS) is 10.7. The molecule has 0 radical (unpaired) electrons. The third-order valence-electron chi connectivity index (χ3n) is 4.29. The number of nitrogens with one attached hydrogen (secondary N) is 1. The van der Waals surface area contributed by atoms with E-state index in [4.69, 9.17) is 23.2 Å². The zero-order valence-corrected chi connectivity index (χ0v) is 16.4. The third-order valence-corrected chi connectivity index (χ3v) is 5.03. The lowest BCUT2D eigenvalue weighted by molar-refractivity contribution is 0.102. The van der Waals surface area contributed by atoms with Crippen molar-refractivity contribution in [1.82, 2.24) is 4.57 Å². The van der Waals surface area contributed by atoms with Crippen molar-refractivity contribution in [2.45, 2.75) is 20.4 Å². The highest BCUT2D eigenvalue weighted by atomic mass is 35.5. The lowest BCUT2D eigenvalue weighted by Gasteiger charge is -2.11. The van der Waals surface area contributed by atoms with Crippen molar-refractivity contribution in [3.05, 3.63) is 97.4 Å². The number of carbonyl (C=O) groups is 1. The van der Waals surface area contributed by atoms with Gasteiger partial charge in [0, 0.05) is 11.9 Å². The molecule has 2 aromatic carbocycles. The molecule has 3 aromatic rings. The van der Waals surface area contributed by atoms with E-state index in [1.54, 1.807) is 30.5 Å². The number of amides is 1. The SMILES string of the molecule is Cc1ccc(C)c(Cn2cccc(C(=O)Nc3ccc(Cl)c(Cl)c3)c2=O)c1. The first-order chi connectivity index (χ1) is 12.8. The van der Waals surface area contributed by atoms with E-state index in [2.05, 4.69) is 5.32 Å². The summed E-state index contributed by atoms with van der Waals surface area (Å²) in [5.74, 6) is -0.492. The Bertz CT molecular complexity index is 1070. The van der Waals surface area contributed by atoms with E-state index < -0.39 is 5.91 Å². The second kappa shape index (κ2) is 7.99. The summed E-state index contributed by atoms with van der Waals surface area (Å²) in [5, 5.41) is 3.41. The predicted molar refractivity (Wildman–Crippen MR) is 110 cm³/mol. The van der Waals surface area contributed by atoms with Gasteiger partial charge in [0.05, 0.1) is 16.6 Å². The number of pyridine rings is 1. The summed E-state index contributed by atoms with van der Waals surface area (Å²) < 4.78 is 1.53. The van der Waals surface area contributed by atoms with Crippen LogP contribution in [0.25, 0.3) is 0 Å². The summed E-state index contributed by atoms with van der Waals surface area (Å²) in [6.07, 6.45) is 1.68. The monoisotopic (exact) mass is 400 g/mol. The molecule has 0 unspecified atom stereocenters. The highest BCUT2D eigenvalue weighted by Gasteiger charge is 2.14. The Morgan fingerprint density at radius 1 is 1.04 bits per heavy atom. The average Bonchev–Trinajstić information content (AvgIpc) is 2.63. The molecule has 0 aliphatic rings. The van der Waals surface area contributed by atoms with Crippen LogP contribution in [0, 0.1) is 13.8 Å². The molecular weight excluding hydrogens is 383 g/mol. The smallest absolute Gasteiger partial charge is 0.263 e. The maximum Gasteiger partial charge on any atom is 0.263 e. The first kappa shape index (κ1) is 19.2. The Hall–Kier alpha value is -2.56. The van der Waals surface area contributed by atoms with Crippen molar-refractivity contribution < 1.29 is 4.79 Å². The molecule has 3 rings (SSSR count). The Morgan fingerprint density at radius 2 is 1.81 bits per heavy atom. The van der Waals surface area contributed by atoms with Crippen molar-refractivity contribution in [2.75, 3.05) is 5.32 Å². The molecule has 1 N–H and O–H groups in total. The molecule has 0 bridgehead atoms. The summed E-state index contributed by atoms with van der Waals surface area (Å²) >= 11 is 11.9. The van der Waals surface area contributed by atoms with Crippen LogP contribution in [0.4, 0.5) is 5.69 Å². The second-order valence-corrected chi connectivity index (χ2v) is 7.18. The molecular formula is C21H18Cl2N2O2. The number of carbonyl (C=O) groups excluding carboxylic acids is 1. The van der Waals surface area contributed by atoms with Gasteiger partial charge in [0.25, 0.3) is 11.5 Å². The number of hydrogen-bond donors (Lipinski definition) is 1. The molecule has 6 heteroatoms. The third kappa shape index (κ3) is 4.41. The highest BCUT2D eigenvalue weighted by Crippen LogP contribution is 2.25. The van der Waals surface area contributed by atoms with Gasteiger partial charge in [-0.3, -0.25) is 9.59 Å². The van der Waals surface area contributed by atoms with Crippen LogP contribution in [-0.2, 0) is 6.54 Å². The number of anilines is 1. The van der Waals surface area contributed by atoms with Crippen LogP contribution in [0.2, 0.25) is 10.0 Å². The molecule has 0 fully saturated rings. The molecule has 1 aromatic heterocycles. The molecule has 27 heavy (non-hydrogen) atoms. The van der Waals surface area contributed by atoms with Gasteiger partial charge < -0.3 is 9.88 Å². The van der Waals surface area contributed by atoms with Crippen molar-refractivity contribution in [1.29, 1.82) is 0 Å². The molecule has 0 spiro atoms. The first-order valence-electron chi connectivity index (χ1n) is 8.37. The van der Waals surface area contributed by atoms with Crippen molar-refractivity contribution in [3.8, 4) is 0 Å². The van der Waals surface area contributed by atoms with Gasteiger partial charge in [-0.15, -0.1) is 0 Å². The van der Waals surface area contributed by atoms with Crippen molar-refractivity contribution in [2.24, 2.45) is 0 Å². The number of aryl methyl sites for hydroxylation is 2. The topological polar surface area (TPSA) is 51.1 Å². The minimum atomic E-state index is -0.492. The lowest BCUT2D eigenvalue weighted by atomic mass is 10.1. The number of rotatable bonds is 4. The van der Waals surface area contributed by atoms with E-state index in [0.29, 0.717) is 22.3 Å². The second-order valence-electron chi connectivity index (χ2n) is 6.37. The highest BCUT2D eigenvalue weighted by molar-refractivity contribution is 6.42. The molecule has 4 nitrogen and oxygen atoms in total. The van der Waals surface area contributed by atoms with E-state index in [1.807, 2.05) is 32.0 Å². The molecule has 0 atom stereocenters. The van der Waals surface area contributed by atoms with Crippen LogP contribution in [0.15, 0.2) is 59.5 Å². The van der Waals surface area contributed by atoms with Crippen LogP contribution in [0.3, 0.4) is 0 Å². The zero-order chi connectivity index (χ0) is 19.6. The molecule has 0 saturated carbocycles. The van der Waals surface area contributed by atoms with Crippen LogP contribution in [0.1, 0.15) is 27.0 Å². The molecule has 1 amide bonds. The van der Waals surface area contributed by atoms with Crippen LogP contribution < -0.4 is 10.9 Å². The molecule has 138 valence electrons. The van der Waals surface area contributed by atoms with Crippen LogP contribution in [0.5, 0.6) is 0 Å². The lowest BCUT2D eigenvalue weighted by Crippen LogP contribution is -2.29. The molecule has 0 saturated heterocycles. The number of nitrogens with zero attached hydrogens (tertiary/aromatic N) is 1. The quantitative estimate of drug-likeness (QED) is 0.664. The fourth-order valence-electron chi connectivity index (χ4n) is 2.76. The molecule has 0 aliphatic heterocycles. The number of hydrogen-bond acceptors (Lipinski definition) is 2. The van der Waals surface area contributed by atoms with Crippen LogP contribution in [-0.4, -0.2) is 10.5 Å². The minimum Gasteiger partial charge on any atom is -0.322 e. The van der Waals surface area contributed by atoms with E-state index in [-0.39, 0.29) is 11.1 Å². The van der Waals surface area contributed by atoms with Gasteiger partial charge >= 0.3 is 0 Å². The Balaban J connectivity index is 1.87. The summed E-state index contributed by atoms with van der Waals surface area (Å²) in [7, 11) is 0. The van der Waals surface area contributed by atoms with Gasteiger partial charge in [0.15, 0.2) is 0 Å². The van der Waals surface area contributed by atoms with Crippen molar-refractivity contribution in [3.63, 3.8) is 0 Å². The predicted octanol–water partition coefficient (Wildman–Crippen LogP) is 5.07.